The molecule has 1 heterocycles. The van der Waals surface area contributed by atoms with Gasteiger partial charge >= 0.3 is 0 Å². The van der Waals surface area contributed by atoms with Crippen LogP contribution in [0.25, 0.3) is 0 Å². The number of para-hydroxylation sites is 1. The SMILES string of the molecule is O=C(c1ccc(Cl)cc1)N(Cc1ccccc1[N+](=O)[O-])N1C(=O)[C@@H]2[C@H]3C[C@@H]([C@@H](Br)[C@H]3Br)[C@H]2C1=O. The van der Waals surface area contributed by atoms with Gasteiger partial charge in [-0.3, -0.25) is 24.5 Å². The number of benzene rings is 2. The number of carbonyl (C=O) groups is 3. The number of carbonyl (C=O) groups excluding carboxylic acids is 3. The van der Waals surface area contributed by atoms with Crippen LogP contribution in [0.15, 0.2) is 48.5 Å². The largest absolute Gasteiger partial charge is 0.274 e. The average Bonchev–Trinajstić information content (AvgIpc) is 3.43. The predicted octanol–water partition coefficient (Wildman–Crippen LogP) is 4.58. The molecule has 2 saturated carbocycles. The lowest BCUT2D eigenvalue weighted by atomic mass is 9.81. The number of hydrogen-bond acceptors (Lipinski definition) is 5. The maximum Gasteiger partial charge on any atom is 0.274 e. The molecule has 0 aromatic heterocycles. The Labute approximate surface area is 216 Å². The molecule has 0 spiro atoms. The van der Waals surface area contributed by atoms with E-state index in [0.29, 0.717) is 5.02 Å². The molecular weight excluding hydrogens is 594 g/mol. The molecule has 34 heavy (non-hydrogen) atoms. The Kier molecular flexibility index (Phi) is 6.02. The summed E-state index contributed by atoms with van der Waals surface area (Å²) >= 11 is 13.3. The van der Waals surface area contributed by atoms with Crippen molar-refractivity contribution in [2.45, 2.75) is 22.6 Å². The van der Waals surface area contributed by atoms with E-state index in [1.807, 2.05) is 0 Å². The number of nitrogens with zero attached hydrogens (tertiary/aromatic N) is 3. The number of rotatable bonds is 5. The number of fused-ring (bicyclic) bond motifs is 5. The van der Waals surface area contributed by atoms with Gasteiger partial charge in [0.2, 0.25) is 0 Å². The molecule has 176 valence electrons. The molecule has 11 heteroatoms. The Morgan fingerprint density at radius 2 is 1.59 bits per heavy atom. The van der Waals surface area contributed by atoms with Crippen LogP contribution in [0.3, 0.4) is 0 Å². The molecular formula is C23H18Br2ClN3O5. The highest BCUT2D eigenvalue weighted by Crippen LogP contribution is 2.60. The number of nitro benzene ring substituents is 1. The molecule has 8 nitrogen and oxygen atoms in total. The van der Waals surface area contributed by atoms with E-state index in [1.54, 1.807) is 6.07 Å². The van der Waals surface area contributed by atoms with Crippen molar-refractivity contribution >= 4 is 66.9 Å². The minimum Gasteiger partial charge on any atom is -0.272 e. The van der Waals surface area contributed by atoms with Gasteiger partial charge in [0, 0.05) is 26.3 Å². The highest BCUT2D eigenvalue weighted by atomic mass is 79.9. The molecule has 3 amide bonds. The number of nitro groups is 1. The monoisotopic (exact) mass is 609 g/mol. The van der Waals surface area contributed by atoms with Gasteiger partial charge in [0.05, 0.1) is 28.9 Å². The van der Waals surface area contributed by atoms with E-state index >= 15 is 0 Å². The lowest BCUT2D eigenvalue weighted by Gasteiger charge is -2.31. The van der Waals surface area contributed by atoms with Gasteiger partial charge in [0.1, 0.15) is 0 Å². The average molecular weight is 612 g/mol. The Morgan fingerprint density at radius 1 is 1.03 bits per heavy atom. The van der Waals surface area contributed by atoms with Crippen molar-refractivity contribution in [3.05, 3.63) is 74.8 Å². The minimum absolute atomic E-state index is 0.0284. The molecule has 6 atom stereocenters. The van der Waals surface area contributed by atoms with Crippen molar-refractivity contribution < 1.29 is 19.3 Å². The van der Waals surface area contributed by atoms with Gasteiger partial charge in [-0.25, -0.2) is 5.01 Å². The van der Waals surface area contributed by atoms with Crippen molar-refractivity contribution in [3.63, 3.8) is 0 Å². The van der Waals surface area contributed by atoms with Crippen LogP contribution in [0.1, 0.15) is 22.3 Å². The summed E-state index contributed by atoms with van der Waals surface area (Å²) in [6.45, 7) is -0.305. The number of imide groups is 1. The first-order valence-electron chi connectivity index (χ1n) is 10.7. The first kappa shape index (κ1) is 23.4. The van der Waals surface area contributed by atoms with Crippen molar-refractivity contribution in [1.82, 2.24) is 10.0 Å². The Morgan fingerprint density at radius 3 is 2.15 bits per heavy atom. The number of hydrazine groups is 1. The van der Waals surface area contributed by atoms with Crippen LogP contribution in [-0.2, 0) is 16.1 Å². The fourth-order valence-corrected chi connectivity index (χ4v) is 7.53. The molecule has 2 bridgehead atoms. The summed E-state index contributed by atoms with van der Waals surface area (Å²) in [6.07, 6.45) is 0.752. The zero-order valence-electron chi connectivity index (χ0n) is 17.5. The van der Waals surface area contributed by atoms with Crippen LogP contribution in [0, 0.1) is 33.8 Å². The molecule has 0 N–H and O–H groups in total. The van der Waals surface area contributed by atoms with Gasteiger partial charge in [0.25, 0.3) is 23.4 Å². The van der Waals surface area contributed by atoms with E-state index < -0.39 is 34.5 Å². The lowest BCUT2D eigenvalue weighted by molar-refractivity contribution is -0.385. The number of hydrogen-bond donors (Lipinski definition) is 0. The number of amides is 3. The van der Waals surface area contributed by atoms with E-state index in [2.05, 4.69) is 31.9 Å². The topological polar surface area (TPSA) is 101 Å². The van der Waals surface area contributed by atoms with Gasteiger partial charge in [-0.05, 0) is 42.5 Å². The summed E-state index contributed by atoms with van der Waals surface area (Å²) in [7, 11) is 0. The standard InChI is InChI=1S/C23H18Br2ClN3O5/c24-19-14-9-15(20(19)25)18-17(14)22(31)28(23(18)32)27(21(30)11-5-7-13(26)8-6-11)10-12-3-1-2-4-16(12)29(33)34/h1-8,14-15,17-20H,9-10H2/t14-,15-,17-,18-,19-,20+/m1/s1. The molecule has 1 aliphatic heterocycles. The predicted molar refractivity (Wildman–Crippen MR) is 130 cm³/mol. The van der Waals surface area contributed by atoms with Crippen LogP contribution >= 0.6 is 43.5 Å². The lowest BCUT2D eigenvalue weighted by Crippen LogP contribution is -2.50. The van der Waals surface area contributed by atoms with Gasteiger partial charge in [-0.2, -0.15) is 5.01 Å². The second-order valence-corrected chi connectivity index (χ2v) is 11.3. The Hall–Kier alpha value is -2.30. The second kappa shape index (κ2) is 8.73. The zero-order chi connectivity index (χ0) is 24.3. The van der Waals surface area contributed by atoms with Crippen LogP contribution < -0.4 is 0 Å². The van der Waals surface area contributed by atoms with Gasteiger partial charge in [-0.15, -0.1) is 0 Å². The first-order valence-corrected chi connectivity index (χ1v) is 12.9. The van der Waals surface area contributed by atoms with E-state index in [-0.39, 0.29) is 44.8 Å². The van der Waals surface area contributed by atoms with Gasteiger partial charge in [0.15, 0.2) is 0 Å². The summed E-state index contributed by atoms with van der Waals surface area (Å²) in [5.41, 5.74) is 0.226. The maximum atomic E-state index is 13.6. The summed E-state index contributed by atoms with van der Waals surface area (Å²) in [5, 5.41) is 14.0. The summed E-state index contributed by atoms with van der Waals surface area (Å²) < 4.78 is 0. The molecule has 0 radical (unpaired) electrons. The Bertz CT molecular complexity index is 1180. The smallest absolute Gasteiger partial charge is 0.272 e. The molecule has 0 unspecified atom stereocenters. The summed E-state index contributed by atoms with van der Waals surface area (Å²) in [6, 6.07) is 12.0. The highest BCUT2D eigenvalue weighted by Gasteiger charge is 2.67. The number of halogens is 3. The van der Waals surface area contributed by atoms with Crippen molar-refractivity contribution in [2.75, 3.05) is 0 Å². The third-order valence-corrected chi connectivity index (χ3v) is 10.5. The van der Waals surface area contributed by atoms with E-state index in [9.17, 15) is 24.5 Å². The molecule has 3 fully saturated rings. The fourth-order valence-electron chi connectivity index (χ4n) is 5.53. The molecule has 5 rings (SSSR count). The normalized spacial score (nSPS) is 29.4. The Balaban J connectivity index is 1.56. The first-order chi connectivity index (χ1) is 16.2. The van der Waals surface area contributed by atoms with Crippen LogP contribution in [0.2, 0.25) is 5.02 Å². The summed E-state index contributed by atoms with van der Waals surface area (Å²) in [4.78, 5) is 51.9. The fraction of sp³-hybridized carbons (Fsp3) is 0.348. The highest BCUT2D eigenvalue weighted by molar-refractivity contribution is 9.12. The third kappa shape index (κ3) is 3.58. The van der Waals surface area contributed by atoms with Crippen LogP contribution in [0.5, 0.6) is 0 Å². The third-order valence-electron chi connectivity index (χ3n) is 7.04. The molecule has 2 aromatic rings. The molecule has 1 saturated heterocycles. The van der Waals surface area contributed by atoms with Crippen LogP contribution in [0.4, 0.5) is 5.69 Å². The van der Waals surface area contributed by atoms with E-state index in [0.717, 1.165) is 16.4 Å². The zero-order valence-corrected chi connectivity index (χ0v) is 21.4. The van der Waals surface area contributed by atoms with Gasteiger partial charge in [-0.1, -0.05) is 61.7 Å². The number of alkyl halides is 2. The quantitative estimate of drug-likeness (QED) is 0.213. The van der Waals surface area contributed by atoms with E-state index in [1.165, 1.54) is 42.5 Å². The van der Waals surface area contributed by atoms with Gasteiger partial charge < -0.3 is 0 Å². The minimum atomic E-state index is -0.616. The molecule has 2 aromatic carbocycles. The summed E-state index contributed by atoms with van der Waals surface area (Å²) in [5.74, 6) is -2.60. The maximum absolute atomic E-state index is 13.6. The van der Waals surface area contributed by atoms with Crippen LogP contribution in [-0.4, -0.2) is 42.3 Å². The molecule has 2 aliphatic carbocycles. The molecule has 3 aliphatic rings. The second-order valence-electron chi connectivity index (χ2n) is 8.75. The van der Waals surface area contributed by atoms with Crippen molar-refractivity contribution in [1.29, 1.82) is 0 Å². The van der Waals surface area contributed by atoms with Crippen molar-refractivity contribution in [3.8, 4) is 0 Å². The van der Waals surface area contributed by atoms with Crippen molar-refractivity contribution in [2.24, 2.45) is 23.7 Å². The van der Waals surface area contributed by atoms with E-state index in [4.69, 9.17) is 11.6 Å².